The van der Waals surface area contributed by atoms with Crippen LogP contribution in [-0.4, -0.2) is 9.36 Å². The maximum Gasteiger partial charge on any atom is 0.209 e. The Kier molecular flexibility index (Phi) is 3.21. The fourth-order valence-corrected chi connectivity index (χ4v) is 2.93. The van der Waals surface area contributed by atoms with Gasteiger partial charge in [-0.2, -0.15) is 4.37 Å². The lowest BCUT2D eigenvalue weighted by molar-refractivity contribution is 1.26. The topological polar surface area (TPSA) is 25.8 Å². The van der Waals surface area contributed by atoms with Crippen molar-refractivity contribution in [2.24, 2.45) is 0 Å². The molecule has 2 rings (SSSR count). The van der Waals surface area contributed by atoms with Gasteiger partial charge in [0, 0.05) is 15.1 Å². The van der Waals surface area contributed by atoms with Crippen LogP contribution in [0.3, 0.4) is 0 Å². The summed E-state index contributed by atoms with van der Waals surface area (Å²) in [4.78, 5) is 4.21. The van der Waals surface area contributed by atoms with E-state index < -0.39 is 0 Å². The van der Waals surface area contributed by atoms with Crippen LogP contribution in [-0.2, 0) is 0 Å². The lowest BCUT2D eigenvalue weighted by atomic mass is 10.2. The van der Waals surface area contributed by atoms with Gasteiger partial charge >= 0.3 is 0 Å². The molecule has 6 heteroatoms. The molecule has 0 amide bonds. The third-order valence-corrected chi connectivity index (χ3v) is 3.54. The molecular weight excluding hydrogens is 351 g/mol. The van der Waals surface area contributed by atoms with Crippen molar-refractivity contribution in [1.82, 2.24) is 9.36 Å². The standard InChI is InChI=1S/C8H3Br2ClN2S/c9-5-1-4(2-6(11)3-5)7-12-8(10)13-14-7/h1-3H. The number of nitrogens with zero attached hydrogens (tertiary/aromatic N) is 2. The molecule has 0 aliphatic carbocycles. The van der Waals surface area contributed by atoms with Crippen molar-refractivity contribution in [3.05, 3.63) is 32.4 Å². The van der Waals surface area contributed by atoms with E-state index >= 15 is 0 Å². The average molecular weight is 354 g/mol. The van der Waals surface area contributed by atoms with E-state index in [4.69, 9.17) is 11.6 Å². The molecule has 0 bridgehead atoms. The zero-order valence-corrected chi connectivity index (χ0v) is 11.4. The van der Waals surface area contributed by atoms with E-state index in [1.807, 2.05) is 18.2 Å². The molecule has 2 aromatic rings. The Morgan fingerprint density at radius 2 is 2.00 bits per heavy atom. The van der Waals surface area contributed by atoms with Crippen LogP contribution >= 0.6 is 55.0 Å². The first-order chi connectivity index (χ1) is 6.65. The Bertz CT molecular complexity index is 452. The molecule has 14 heavy (non-hydrogen) atoms. The monoisotopic (exact) mass is 352 g/mol. The Labute approximate surface area is 107 Å². The van der Waals surface area contributed by atoms with E-state index in [0.717, 1.165) is 15.0 Å². The Balaban J connectivity index is 2.51. The Morgan fingerprint density at radius 1 is 1.21 bits per heavy atom. The fourth-order valence-electron chi connectivity index (χ4n) is 1.00. The second-order valence-corrected chi connectivity index (χ2v) is 5.34. The van der Waals surface area contributed by atoms with Crippen LogP contribution < -0.4 is 0 Å². The summed E-state index contributed by atoms with van der Waals surface area (Å²) in [5, 5.41) is 1.53. The van der Waals surface area contributed by atoms with Crippen molar-refractivity contribution in [1.29, 1.82) is 0 Å². The van der Waals surface area contributed by atoms with Crippen LogP contribution in [0, 0.1) is 0 Å². The molecule has 0 saturated heterocycles. The minimum Gasteiger partial charge on any atom is -0.209 e. The third kappa shape index (κ3) is 2.34. The number of rotatable bonds is 1. The molecule has 72 valence electrons. The Hall–Kier alpha value is 0.0300. The molecule has 0 atom stereocenters. The summed E-state index contributed by atoms with van der Waals surface area (Å²) >= 11 is 13.8. The van der Waals surface area contributed by atoms with Crippen molar-refractivity contribution < 1.29 is 0 Å². The van der Waals surface area contributed by atoms with Gasteiger partial charge in [-0.15, -0.1) is 0 Å². The first kappa shape index (κ1) is 10.5. The summed E-state index contributed by atoms with van der Waals surface area (Å²) in [5.41, 5.74) is 0.965. The molecule has 1 aromatic heterocycles. The summed E-state index contributed by atoms with van der Waals surface area (Å²) in [7, 11) is 0. The maximum absolute atomic E-state index is 5.92. The molecule has 0 N–H and O–H groups in total. The van der Waals surface area contributed by atoms with Crippen LogP contribution in [0.2, 0.25) is 5.02 Å². The summed E-state index contributed by atoms with van der Waals surface area (Å²) < 4.78 is 5.58. The first-order valence-corrected chi connectivity index (χ1v) is 6.34. The summed E-state index contributed by atoms with van der Waals surface area (Å²) in [6, 6.07) is 5.65. The average Bonchev–Trinajstić information content (AvgIpc) is 2.50. The van der Waals surface area contributed by atoms with Crippen LogP contribution in [0.25, 0.3) is 10.6 Å². The normalized spacial score (nSPS) is 10.5. The molecule has 0 spiro atoms. The highest BCUT2D eigenvalue weighted by molar-refractivity contribution is 9.10. The van der Waals surface area contributed by atoms with Crippen LogP contribution in [0.4, 0.5) is 0 Å². The quantitative estimate of drug-likeness (QED) is 0.759. The van der Waals surface area contributed by atoms with E-state index in [-0.39, 0.29) is 0 Å². The van der Waals surface area contributed by atoms with Gasteiger partial charge in [-0.25, -0.2) is 4.98 Å². The van der Waals surface area contributed by atoms with Gasteiger partial charge < -0.3 is 0 Å². The number of benzene rings is 1. The van der Waals surface area contributed by atoms with Crippen molar-refractivity contribution >= 4 is 55.0 Å². The van der Waals surface area contributed by atoms with E-state index in [9.17, 15) is 0 Å². The second kappa shape index (κ2) is 4.26. The molecule has 0 unspecified atom stereocenters. The lowest BCUT2D eigenvalue weighted by Crippen LogP contribution is -1.76. The third-order valence-electron chi connectivity index (χ3n) is 1.51. The lowest BCUT2D eigenvalue weighted by Gasteiger charge is -1.97. The molecule has 1 heterocycles. The van der Waals surface area contributed by atoms with Crippen molar-refractivity contribution in [3.63, 3.8) is 0 Å². The van der Waals surface area contributed by atoms with Gasteiger partial charge in [0.25, 0.3) is 0 Å². The van der Waals surface area contributed by atoms with Gasteiger partial charge in [-0.1, -0.05) is 27.5 Å². The molecule has 0 aliphatic rings. The van der Waals surface area contributed by atoms with Gasteiger partial charge in [-0.05, 0) is 45.7 Å². The largest absolute Gasteiger partial charge is 0.209 e. The summed E-state index contributed by atoms with van der Waals surface area (Å²) in [6.07, 6.45) is 0. The Morgan fingerprint density at radius 3 is 2.57 bits per heavy atom. The predicted octanol–water partition coefficient (Wildman–Crippen LogP) is 4.38. The molecule has 0 saturated carbocycles. The van der Waals surface area contributed by atoms with Gasteiger partial charge in [0.1, 0.15) is 5.01 Å². The van der Waals surface area contributed by atoms with Crippen molar-refractivity contribution in [2.45, 2.75) is 0 Å². The zero-order valence-electron chi connectivity index (χ0n) is 6.67. The van der Waals surface area contributed by atoms with Crippen LogP contribution in [0.15, 0.2) is 27.4 Å². The highest BCUT2D eigenvalue weighted by Gasteiger charge is 2.06. The van der Waals surface area contributed by atoms with Gasteiger partial charge in [0.15, 0.2) is 0 Å². The highest BCUT2D eigenvalue weighted by atomic mass is 79.9. The molecule has 0 aliphatic heterocycles. The first-order valence-electron chi connectivity index (χ1n) is 3.61. The maximum atomic E-state index is 5.92. The smallest absolute Gasteiger partial charge is 0.209 e. The molecule has 1 aromatic carbocycles. The minimum atomic E-state index is 0.605. The summed E-state index contributed by atoms with van der Waals surface area (Å²) in [5.74, 6) is 0. The second-order valence-electron chi connectivity index (χ2n) is 2.53. The van der Waals surface area contributed by atoms with E-state index in [2.05, 4.69) is 41.2 Å². The van der Waals surface area contributed by atoms with E-state index in [0.29, 0.717) is 9.76 Å². The number of aromatic nitrogens is 2. The molecular formula is C8H3Br2ClN2S. The number of halogens is 3. The zero-order chi connectivity index (χ0) is 10.1. The summed E-state index contributed by atoms with van der Waals surface area (Å²) in [6.45, 7) is 0. The van der Waals surface area contributed by atoms with E-state index in [1.54, 1.807) is 0 Å². The van der Waals surface area contributed by atoms with Crippen LogP contribution in [0.1, 0.15) is 0 Å². The molecule has 0 fully saturated rings. The molecule has 2 nitrogen and oxygen atoms in total. The number of hydrogen-bond donors (Lipinski definition) is 0. The SMILES string of the molecule is Clc1cc(Br)cc(-c2nc(Br)ns2)c1. The van der Waals surface area contributed by atoms with Crippen molar-refractivity contribution in [3.8, 4) is 10.6 Å². The van der Waals surface area contributed by atoms with Gasteiger partial charge in [0.05, 0.1) is 0 Å². The highest BCUT2D eigenvalue weighted by Crippen LogP contribution is 2.29. The minimum absolute atomic E-state index is 0.605. The molecule has 0 radical (unpaired) electrons. The van der Waals surface area contributed by atoms with E-state index in [1.165, 1.54) is 11.5 Å². The number of hydrogen-bond acceptors (Lipinski definition) is 3. The predicted molar refractivity (Wildman–Crippen MR) is 65.8 cm³/mol. The van der Waals surface area contributed by atoms with Crippen molar-refractivity contribution in [2.75, 3.05) is 0 Å². The fraction of sp³-hybridized carbons (Fsp3) is 0. The van der Waals surface area contributed by atoms with Gasteiger partial charge in [0.2, 0.25) is 4.73 Å². The van der Waals surface area contributed by atoms with Gasteiger partial charge in [-0.3, -0.25) is 0 Å². The van der Waals surface area contributed by atoms with Crippen LogP contribution in [0.5, 0.6) is 0 Å².